The van der Waals surface area contributed by atoms with E-state index < -0.39 is 15.6 Å². The van der Waals surface area contributed by atoms with Crippen molar-refractivity contribution in [3.8, 4) is 0 Å². The lowest BCUT2D eigenvalue weighted by molar-refractivity contribution is 0.294. The predicted octanol–water partition coefficient (Wildman–Crippen LogP) is 2.02. The molecule has 4 N–H and O–H groups in total. The van der Waals surface area contributed by atoms with Crippen molar-refractivity contribution < 1.29 is 8.42 Å². The highest BCUT2D eigenvalue weighted by Crippen LogP contribution is 2.30. The fourth-order valence-corrected chi connectivity index (χ4v) is 4.21. The standard InChI is InChI=1S/C12H19ClN4O2S/c1-12(5-3-2-4-6-12)17-20(18,19)9-7-10(13)11(16-14)15-8-9/h7-8,17H,2-6,14H2,1H3,(H,15,16). The summed E-state index contributed by atoms with van der Waals surface area (Å²) in [4.78, 5) is 3.94. The van der Waals surface area contributed by atoms with Crippen molar-refractivity contribution in [2.75, 3.05) is 5.43 Å². The molecule has 1 fully saturated rings. The van der Waals surface area contributed by atoms with Crippen LogP contribution in [-0.4, -0.2) is 18.9 Å². The molecular formula is C12H19ClN4O2S. The third-order valence-electron chi connectivity index (χ3n) is 3.60. The number of nitrogen functional groups attached to an aromatic ring is 1. The maximum absolute atomic E-state index is 12.4. The molecule has 2 rings (SSSR count). The van der Waals surface area contributed by atoms with Crippen molar-refractivity contribution in [1.82, 2.24) is 9.71 Å². The fourth-order valence-electron chi connectivity index (χ4n) is 2.49. The Morgan fingerprint density at radius 2 is 2.00 bits per heavy atom. The van der Waals surface area contributed by atoms with E-state index in [1.807, 2.05) is 6.92 Å². The number of nitrogens with zero attached hydrogens (tertiary/aromatic N) is 1. The van der Waals surface area contributed by atoms with Crippen molar-refractivity contribution in [2.45, 2.75) is 49.5 Å². The number of nitrogens with two attached hydrogens (primary N) is 1. The number of anilines is 1. The Bertz CT molecular complexity index is 585. The molecule has 0 aliphatic heterocycles. The highest BCUT2D eigenvalue weighted by atomic mass is 35.5. The van der Waals surface area contributed by atoms with Gasteiger partial charge in [0.15, 0.2) is 5.82 Å². The first-order valence-electron chi connectivity index (χ1n) is 6.52. The SMILES string of the molecule is CC1(NS(=O)(=O)c2cnc(NN)c(Cl)c2)CCCCC1. The number of sulfonamides is 1. The van der Waals surface area contributed by atoms with Crippen molar-refractivity contribution in [2.24, 2.45) is 5.84 Å². The molecule has 1 aromatic heterocycles. The van der Waals surface area contributed by atoms with Crippen LogP contribution >= 0.6 is 11.6 Å². The smallest absolute Gasteiger partial charge is 0.242 e. The van der Waals surface area contributed by atoms with Gasteiger partial charge in [-0.05, 0) is 25.8 Å². The molecule has 0 spiro atoms. The van der Waals surface area contributed by atoms with Gasteiger partial charge in [-0.2, -0.15) is 0 Å². The first-order valence-corrected chi connectivity index (χ1v) is 8.39. The minimum atomic E-state index is -3.63. The highest BCUT2D eigenvalue weighted by Gasteiger charge is 2.32. The lowest BCUT2D eigenvalue weighted by Gasteiger charge is -2.34. The normalized spacial score (nSPS) is 18.8. The zero-order valence-corrected chi connectivity index (χ0v) is 12.9. The molecule has 0 radical (unpaired) electrons. The molecule has 0 atom stereocenters. The second-order valence-electron chi connectivity index (χ2n) is 5.37. The van der Waals surface area contributed by atoms with E-state index in [0.717, 1.165) is 32.1 Å². The van der Waals surface area contributed by atoms with Crippen LogP contribution in [0.15, 0.2) is 17.2 Å². The van der Waals surface area contributed by atoms with Crippen LogP contribution < -0.4 is 16.0 Å². The van der Waals surface area contributed by atoms with Gasteiger partial charge in [-0.25, -0.2) is 24.0 Å². The Hall–Kier alpha value is -0.890. The Balaban J connectivity index is 2.24. The second-order valence-corrected chi connectivity index (χ2v) is 7.46. The van der Waals surface area contributed by atoms with Crippen molar-refractivity contribution >= 4 is 27.4 Å². The van der Waals surface area contributed by atoms with E-state index in [0.29, 0.717) is 0 Å². The number of aromatic nitrogens is 1. The van der Waals surface area contributed by atoms with Gasteiger partial charge in [0.1, 0.15) is 4.90 Å². The quantitative estimate of drug-likeness (QED) is 0.583. The fraction of sp³-hybridized carbons (Fsp3) is 0.583. The second kappa shape index (κ2) is 5.85. The minimum absolute atomic E-state index is 0.0494. The topological polar surface area (TPSA) is 97.1 Å². The van der Waals surface area contributed by atoms with E-state index in [1.165, 1.54) is 12.3 Å². The van der Waals surface area contributed by atoms with Gasteiger partial charge in [0.25, 0.3) is 0 Å². The third-order valence-corrected chi connectivity index (χ3v) is 5.49. The Morgan fingerprint density at radius 3 is 2.55 bits per heavy atom. The monoisotopic (exact) mass is 318 g/mol. The summed E-state index contributed by atoms with van der Waals surface area (Å²) in [6, 6.07) is 1.35. The van der Waals surface area contributed by atoms with Crippen LogP contribution in [0, 0.1) is 0 Å². The van der Waals surface area contributed by atoms with Gasteiger partial charge in [0.2, 0.25) is 10.0 Å². The number of halogens is 1. The third kappa shape index (κ3) is 3.41. The summed E-state index contributed by atoms with van der Waals surface area (Å²) in [6.07, 6.45) is 6.16. The zero-order chi connectivity index (χ0) is 14.8. The van der Waals surface area contributed by atoms with Crippen LogP contribution in [0.3, 0.4) is 0 Å². The maximum Gasteiger partial charge on any atom is 0.242 e. The van der Waals surface area contributed by atoms with Gasteiger partial charge in [-0.15, -0.1) is 0 Å². The summed E-state index contributed by atoms with van der Waals surface area (Å²) in [7, 11) is -3.63. The van der Waals surface area contributed by atoms with Crippen LogP contribution in [-0.2, 0) is 10.0 Å². The van der Waals surface area contributed by atoms with Gasteiger partial charge in [-0.3, -0.25) is 0 Å². The van der Waals surface area contributed by atoms with E-state index in [1.54, 1.807) is 0 Å². The number of hydrazine groups is 1. The summed E-state index contributed by atoms with van der Waals surface area (Å²) >= 11 is 5.92. The van der Waals surface area contributed by atoms with E-state index in [9.17, 15) is 8.42 Å². The average Bonchev–Trinajstić information content (AvgIpc) is 2.38. The Morgan fingerprint density at radius 1 is 1.35 bits per heavy atom. The van der Waals surface area contributed by atoms with Gasteiger partial charge in [0.05, 0.1) is 5.02 Å². The highest BCUT2D eigenvalue weighted by molar-refractivity contribution is 7.89. The molecule has 1 aromatic rings. The molecule has 1 aliphatic carbocycles. The van der Waals surface area contributed by atoms with Crippen LogP contribution in [0.2, 0.25) is 5.02 Å². The Kier molecular flexibility index (Phi) is 4.53. The lowest BCUT2D eigenvalue weighted by Crippen LogP contribution is -2.47. The molecule has 0 aromatic carbocycles. The molecule has 6 nitrogen and oxygen atoms in total. The van der Waals surface area contributed by atoms with Crippen LogP contribution in [0.5, 0.6) is 0 Å². The number of hydrogen-bond acceptors (Lipinski definition) is 5. The van der Waals surface area contributed by atoms with Gasteiger partial charge in [0, 0.05) is 11.7 Å². The van der Waals surface area contributed by atoms with E-state index >= 15 is 0 Å². The predicted molar refractivity (Wildman–Crippen MR) is 78.9 cm³/mol. The van der Waals surface area contributed by atoms with Crippen molar-refractivity contribution in [1.29, 1.82) is 0 Å². The molecule has 0 saturated heterocycles. The maximum atomic E-state index is 12.4. The van der Waals surface area contributed by atoms with Gasteiger partial charge in [-0.1, -0.05) is 30.9 Å². The van der Waals surface area contributed by atoms with Crippen LogP contribution in [0.4, 0.5) is 5.82 Å². The number of hydrogen-bond donors (Lipinski definition) is 3. The molecule has 1 heterocycles. The Labute approximate surface area is 124 Å². The summed E-state index contributed by atoms with van der Waals surface area (Å²) in [5, 5.41) is 0.171. The molecule has 1 saturated carbocycles. The first kappa shape index (κ1) is 15.5. The van der Waals surface area contributed by atoms with E-state index in [-0.39, 0.29) is 15.7 Å². The summed E-state index contributed by atoms with van der Waals surface area (Å²) in [5.41, 5.74) is 1.91. The minimum Gasteiger partial charge on any atom is -0.307 e. The molecule has 0 amide bonds. The van der Waals surface area contributed by atoms with Gasteiger partial charge < -0.3 is 5.43 Å². The summed E-state index contributed by atoms with van der Waals surface area (Å²) < 4.78 is 27.6. The lowest BCUT2D eigenvalue weighted by atomic mass is 9.84. The van der Waals surface area contributed by atoms with Crippen LogP contribution in [0.1, 0.15) is 39.0 Å². The molecule has 8 heteroatoms. The molecule has 20 heavy (non-hydrogen) atoms. The average molecular weight is 319 g/mol. The molecule has 0 unspecified atom stereocenters. The number of pyridine rings is 1. The largest absolute Gasteiger partial charge is 0.307 e. The summed E-state index contributed by atoms with van der Waals surface area (Å²) in [6.45, 7) is 1.94. The van der Waals surface area contributed by atoms with Gasteiger partial charge >= 0.3 is 0 Å². The molecule has 112 valence electrons. The van der Waals surface area contributed by atoms with E-state index in [2.05, 4.69) is 15.1 Å². The van der Waals surface area contributed by atoms with Crippen LogP contribution in [0.25, 0.3) is 0 Å². The zero-order valence-electron chi connectivity index (χ0n) is 11.3. The van der Waals surface area contributed by atoms with Crippen molar-refractivity contribution in [3.63, 3.8) is 0 Å². The first-order chi connectivity index (χ1) is 9.36. The number of nitrogens with one attached hydrogen (secondary N) is 2. The summed E-state index contributed by atoms with van der Waals surface area (Å²) in [5.74, 6) is 5.46. The number of rotatable bonds is 4. The van der Waals surface area contributed by atoms with E-state index in [4.69, 9.17) is 17.4 Å². The molecule has 1 aliphatic rings. The molecule has 0 bridgehead atoms. The van der Waals surface area contributed by atoms with Crippen molar-refractivity contribution in [3.05, 3.63) is 17.3 Å². The molecular weight excluding hydrogens is 300 g/mol.